The lowest BCUT2D eigenvalue weighted by atomic mass is 10.1. The second-order valence-corrected chi connectivity index (χ2v) is 4.07. The summed E-state index contributed by atoms with van der Waals surface area (Å²) < 4.78 is 10.7. The van der Waals surface area contributed by atoms with E-state index in [1.54, 1.807) is 20.5 Å². The van der Waals surface area contributed by atoms with Gasteiger partial charge in [-0.25, -0.2) is 9.97 Å². The topological polar surface area (TPSA) is 98.9 Å². The third-order valence-electron chi connectivity index (χ3n) is 2.96. The molecule has 3 N–H and O–H groups in total. The van der Waals surface area contributed by atoms with Crippen molar-refractivity contribution in [2.75, 3.05) is 20.0 Å². The van der Waals surface area contributed by atoms with Crippen molar-refractivity contribution in [1.82, 2.24) is 19.9 Å². The van der Waals surface area contributed by atoms with Crippen LogP contribution in [0.3, 0.4) is 0 Å². The first-order valence-electron chi connectivity index (χ1n) is 5.92. The fourth-order valence-electron chi connectivity index (χ4n) is 2.12. The SMILES string of the molecule is COc1cccc(-c2nc(N)nc3nc[nH]c23)c1OC. The third-order valence-corrected chi connectivity index (χ3v) is 2.96. The molecule has 0 aliphatic heterocycles. The summed E-state index contributed by atoms with van der Waals surface area (Å²) in [6.45, 7) is 0. The van der Waals surface area contributed by atoms with Gasteiger partial charge in [0.05, 0.1) is 20.5 Å². The van der Waals surface area contributed by atoms with Crippen molar-refractivity contribution in [3.8, 4) is 22.8 Å². The number of fused-ring (bicyclic) bond motifs is 1. The van der Waals surface area contributed by atoms with Gasteiger partial charge in [-0.15, -0.1) is 0 Å². The number of imidazole rings is 1. The molecule has 0 spiro atoms. The summed E-state index contributed by atoms with van der Waals surface area (Å²) in [7, 11) is 3.16. The van der Waals surface area contributed by atoms with E-state index in [1.807, 2.05) is 18.2 Å². The third kappa shape index (κ3) is 1.80. The molecule has 0 bridgehead atoms. The van der Waals surface area contributed by atoms with E-state index in [1.165, 1.54) is 0 Å². The van der Waals surface area contributed by atoms with E-state index < -0.39 is 0 Å². The van der Waals surface area contributed by atoms with Gasteiger partial charge in [-0.1, -0.05) is 6.07 Å². The van der Waals surface area contributed by atoms with Crippen LogP contribution in [-0.4, -0.2) is 34.2 Å². The zero-order chi connectivity index (χ0) is 14.1. The van der Waals surface area contributed by atoms with Crippen molar-refractivity contribution < 1.29 is 9.47 Å². The number of aromatic amines is 1. The van der Waals surface area contributed by atoms with Crippen molar-refractivity contribution in [2.24, 2.45) is 0 Å². The smallest absolute Gasteiger partial charge is 0.222 e. The van der Waals surface area contributed by atoms with E-state index >= 15 is 0 Å². The average Bonchev–Trinajstić information content (AvgIpc) is 2.93. The Bertz CT molecular complexity index is 769. The van der Waals surface area contributed by atoms with Crippen molar-refractivity contribution in [3.05, 3.63) is 24.5 Å². The second-order valence-electron chi connectivity index (χ2n) is 4.07. The van der Waals surface area contributed by atoms with Gasteiger partial charge in [-0.2, -0.15) is 4.98 Å². The standard InChI is InChI=1S/C13H13N5O2/c1-19-8-5-3-4-7(11(8)20-2)9-10-12(16-6-15-10)18-13(14)17-9/h3-6H,1-2H3,(H3,14,15,16,17,18). The van der Waals surface area contributed by atoms with Crippen molar-refractivity contribution in [2.45, 2.75) is 0 Å². The Kier molecular flexibility index (Phi) is 2.86. The molecular weight excluding hydrogens is 258 g/mol. The number of nitrogens with one attached hydrogen (secondary N) is 1. The maximum atomic E-state index is 5.74. The number of rotatable bonds is 3. The number of nitrogen functional groups attached to an aromatic ring is 1. The minimum atomic E-state index is 0.157. The number of ether oxygens (including phenoxy) is 2. The molecule has 0 saturated heterocycles. The Morgan fingerprint density at radius 2 is 2.00 bits per heavy atom. The highest BCUT2D eigenvalue weighted by atomic mass is 16.5. The number of H-pyrrole nitrogens is 1. The summed E-state index contributed by atoms with van der Waals surface area (Å²) in [4.78, 5) is 15.5. The predicted molar refractivity (Wildman–Crippen MR) is 74.6 cm³/mol. The number of para-hydroxylation sites is 1. The Labute approximate surface area is 114 Å². The van der Waals surface area contributed by atoms with E-state index in [9.17, 15) is 0 Å². The first-order chi connectivity index (χ1) is 9.74. The van der Waals surface area contributed by atoms with E-state index in [0.717, 1.165) is 5.56 Å². The molecule has 2 heterocycles. The summed E-state index contributed by atoms with van der Waals surface area (Å²) in [6.07, 6.45) is 1.55. The number of aromatic nitrogens is 4. The van der Waals surface area contributed by atoms with Gasteiger partial charge in [0.25, 0.3) is 0 Å². The Morgan fingerprint density at radius 3 is 2.75 bits per heavy atom. The van der Waals surface area contributed by atoms with Crippen molar-refractivity contribution >= 4 is 17.1 Å². The molecule has 102 valence electrons. The van der Waals surface area contributed by atoms with Gasteiger partial charge in [0.1, 0.15) is 11.2 Å². The van der Waals surface area contributed by atoms with Gasteiger partial charge >= 0.3 is 0 Å². The van der Waals surface area contributed by atoms with Crippen molar-refractivity contribution in [3.63, 3.8) is 0 Å². The van der Waals surface area contributed by atoms with Crippen LogP contribution in [0.15, 0.2) is 24.5 Å². The monoisotopic (exact) mass is 271 g/mol. The van der Waals surface area contributed by atoms with E-state index in [2.05, 4.69) is 19.9 Å². The largest absolute Gasteiger partial charge is 0.493 e. The maximum Gasteiger partial charge on any atom is 0.222 e. The fraction of sp³-hybridized carbons (Fsp3) is 0.154. The molecule has 0 aliphatic rings. The minimum Gasteiger partial charge on any atom is -0.493 e. The fourth-order valence-corrected chi connectivity index (χ4v) is 2.12. The van der Waals surface area contributed by atoms with Crippen LogP contribution in [0.2, 0.25) is 0 Å². The molecule has 2 aromatic heterocycles. The summed E-state index contributed by atoms with van der Waals surface area (Å²) in [5.41, 5.74) is 8.33. The molecule has 7 heteroatoms. The summed E-state index contributed by atoms with van der Waals surface area (Å²) >= 11 is 0. The number of methoxy groups -OCH3 is 2. The van der Waals surface area contributed by atoms with Crippen molar-refractivity contribution in [1.29, 1.82) is 0 Å². The predicted octanol–water partition coefficient (Wildman–Crippen LogP) is 1.62. The molecule has 0 aliphatic carbocycles. The van der Waals surface area contributed by atoms with Crippen LogP contribution in [-0.2, 0) is 0 Å². The van der Waals surface area contributed by atoms with Gasteiger partial charge in [0.15, 0.2) is 17.1 Å². The number of nitrogens with zero attached hydrogens (tertiary/aromatic N) is 3. The van der Waals surface area contributed by atoms with E-state index in [4.69, 9.17) is 15.2 Å². The average molecular weight is 271 g/mol. The molecule has 1 aromatic carbocycles. The van der Waals surface area contributed by atoms with E-state index in [0.29, 0.717) is 28.4 Å². The summed E-state index contributed by atoms with van der Waals surface area (Å²) in [5.74, 6) is 1.36. The lowest BCUT2D eigenvalue weighted by Gasteiger charge is -2.12. The number of nitrogens with two attached hydrogens (primary N) is 1. The Hall–Kier alpha value is -2.83. The van der Waals surface area contributed by atoms with Crippen LogP contribution >= 0.6 is 0 Å². The molecule has 3 rings (SSSR count). The maximum absolute atomic E-state index is 5.74. The van der Waals surface area contributed by atoms with Crippen LogP contribution in [0.5, 0.6) is 11.5 Å². The van der Waals surface area contributed by atoms with Gasteiger partial charge < -0.3 is 20.2 Å². The van der Waals surface area contributed by atoms with E-state index in [-0.39, 0.29) is 5.95 Å². The molecule has 0 amide bonds. The number of benzene rings is 1. The van der Waals surface area contributed by atoms with Crippen LogP contribution in [0, 0.1) is 0 Å². The zero-order valence-electron chi connectivity index (χ0n) is 11.0. The number of anilines is 1. The number of hydrogen-bond donors (Lipinski definition) is 2. The minimum absolute atomic E-state index is 0.157. The lowest BCUT2D eigenvalue weighted by molar-refractivity contribution is 0.356. The highest BCUT2D eigenvalue weighted by Gasteiger charge is 2.17. The molecule has 0 fully saturated rings. The van der Waals surface area contributed by atoms with Gasteiger partial charge in [-0.3, -0.25) is 0 Å². The molecule has 0 saturated carbocycles. The molecule has 3 aromatic rings. The quantitative estimate of drug-likeness (QED) is 0.751. The van der Waals surface area contributed by atoms with Crippen LogP contribution in [0.1, 0.15) is 0 Å². The normalized spacial score (nSPS) is 10.7. The Morgan fingerprint density at radius 1 is 1.15 bits per heavy atom. The van der Waals surface area contributed by atoms with Crippen LogP contribution < -0.4 is 15.2 Å². The highest BCUT2D eigenvalue weighted by molar-refractivity contribution is 5.90. The van der Waals surface area contributed by atoms with Gasteiger partial charge in [-0.05, 0) is 12.1 Å². The summed E-state index contributed by atoms with van der Waals surface area (Å²) in [6, 6.07) is 5.55. The first-order valence-corrected chi connectivity index (χ1v) is 5.92. The van der Waals surface area contributed by atoms with Crippen LogP contribution in [0.25, 0.3) is 22.4 Å². The number of hydrogen-bond acceptors (Lipinski definition) is 6. The summed E-state index contributed by atoms with van der Waals surface area (Å²) in [5, 5.41) is 0. The second kappa shape index (κ2) is 4.69. The molecule has 0 atom stereocenters. The Balaban J connectivity index is 2.33. The van der Waals surface area contributed by atoms with Gasteiger partial charge in [0, 0.05) is 5.56 Å². The lowest BCUT2D eigenvalue weighted by Crippen LogP contribution is -2.00. The highest BCUT2D eigenvalue weighted by Crippen LogP contribution is 2.38. The molecule has 7 nitrogen and oxygen atoms in total. The zero-order valence-corrected chi connectivity index (χ0v) is 11.0. The van der Waals surface area contributed by atoms with Crippen LogP contribution in [0.4, 0.5) is 5.95 Å². The van der Waals surface area contributed by atoms with Gasteiger partial charge in [0.2, 0.25) is 5.95 Å². The molecule has 0 radical (unpaired) electrons. The molecule has 0 unspecified atom stereocenters. The molecule has 20 heavy (non-hydrogen) atoms. The molecular formula is C13H13N5O2. The first kappa shape index (κ1) is 12.2.